The molecule has 31 heavy (non-hydrogen) atoms. The Bertz CT molecular complexity index is 1050. The number of carbonyl (C=O) groups is 2. The van der Waals surface area contributed by atoms with E-state index in [-0.39, 0.29) is 22.1 Å². The first kappa shape index (κ1) is 22.7. The number of hydrogen-bond donors (Lipinski definition) is 2. The molecule has 0 aliphatic carbocycles. The molecule has 1 saturated heterocycles. The number of amides is 2. The average molecular weight is 448 g/mol. The zero-order valence-corrected chi connectivity index (χ0v) is 18.1. The lowest BCUT2D eigenvalue weighted by Crippen LogP contribution is -2.41. The van der Waals surface area contributed by atoms with E-state index in [1.54, 1.807) is 24.3 Å². The summed E-state index contributed by atoms with van der Waals surface area (Å²) in [7, 11) is -0.880. The molecule has 1 atom stereocenters. The van der Waals surface area contributed by atoms with E-state index in [4.69, 9.17) is 9.47 Å². The second-order valence-corrected chi connectivity index (χ2v) is 9.32. The Labute approximate surface area is 181 Å². The van der Waals surface area contributed by atoms with Gasteiger partial charge in [-0.2, -0.15) is 0 Å². The van der Waals surface area contributed by atoms with E-state index in [0.29, 0.717) is 19.0 Å². The fraction of sp³-hybridized carbons (Fsp3) is 0.333. The third-order valence-corrected chi connectivity index (χ3v) is 6.56. The number of para-hydroxylation sites is 1. The number of nitrogens with zero attached hydrogens (tertiary/aromatic N) is 1. The molecule has 166 valence electrons. The number of sulfonamides is 1. The molecular formula is C21H25N3O6S. The zero-order valence-electron chi connectivity index (χ0n) is 17.3. The standard InChI is InChI=1S/C21H25N3O6S/c1-24(2)31(27,28)17-9-5-7-15(13-17)20(25)22-23-21(26)18-10-3-4-11-19(18)30-14-16-8-6-12-29-16/h3-5,7,9-11,13,16H,6,8,12,14H2,1-2H3,(H,22,25)(H,23,26). The number of carbonyl (C=O) groups excluding carboxylic acids is 2. The first-order valence-corrected chi connectivity index (χ1v) is 11.2. The van der Waals surface area contributed by atoms with Gasteiger partial charge < -0.3 is 9.47 Å². The van der Waals surface area contributed by atoms with Gasteiger partial charge in [-0.15, -0.1) is 0 Å². The minimum Gasteiger partial charge on any atom is -0.490 e. The van der Waals surface area contributed by atoms with Gasteiger partial charge in [-0.3, -0.25) is 20.4 Å². The number of hydrogen-bond acceptors (Lipinski definition) is 6. The first-order chi connectivity index (χ1) is 14.8. The summed E-state index contributed by atoms with van der Waals surface area (Å²) in [5.74, 6) is -0.834. The molecule has 10 heteroatoms. The molecule has 0 aromatic heterocycles. The third kappa shape index (κ3) is 5.60. The molecule has 0 saturated carbocycles. The van der Waals surface area contributed by atoms with Crippen LogP contribution in [-0.2, 0) is 14.8 Å². The van der Waals surface area contributed by atoms with E-state index < -0.39 is 21.8 Å². The highest BCUT2D eigenvalue weighted by Crippen LogP contribution is 2.20. The lowest BCUT2D eigenvalue weighted by molar-refractivity contribution is 0.0669. The van der Waals surface area contributed by atoms with Crippen LogP contribution in [0, 0.1) is 0 Å². The fourth-order valence-electron chi connectivity index (χ4n) is 3.00. The van der Waals surface area contributed by atoms with Gasteiger partial charge in [0.2, 0.25) is 10.0 Å². The second kappa shape index (κ2) is 9.90. The summed E-state index contributed by atoms with van der Waals surface area (Å²) in [4.78, 5) is 25.0. The van der Waals surface area contributed by atoms with Crippen molar-refractivity contribution >= 4 is 21.8 Å². The number of ether oxygens (including phenoxy) is 2. The van der Waals surface area contributed by atoms with Crippen molar-refractivity contribution in [3.63, 3.8) is 0 Å². The molecule has 2 amide bonds. The fourth-order valence-corrected chi connectivity index (χ4v) is 3.95. The van der Waals surface area contributed by atoms with Crippen molar-refractivity contribution in [1.29, 1.82) is 0 Å². The van der Waals surface area contributed by atoms with Gasteiger partial charge >= 0.3 is 0 Å². The molecule has 0 radical (unpaired) electrons. The smallest absolute Gasteiger partial charge is 0.273 e. The van der Waals surface area contributed by atoms with Crippen molar-refractivity contribution in [3.8, 4) is 5.75 Å². The molecule has 1 aliphatic heterocycles. The van der Waals surface area contributed by atoms with Crippen LogP contribution in [0.15, 0.2) is 53.4 Å². The van der Waals surface area contributed by atoms with Crippen molar-refractivity contribution in [2.45, 2.75) is 23.8 Å². The van der Waals surface area contributed by atoms with Crippen LogP contribution in [0.4, 0.5) is 0 Å². The molecule has 1 unspecified atom stereocenters. The lowest BCUT2D eigenvalue weighted by Gasteiger charge is -2.15. The molecule has 3 rings (SSSR count). The van der Waals surface area contributed by atoms with Crippen LogP contribution >= 0.6 is 0 Å². The Balaban J connectivity index is 1.64. The maximum Gasteiger partial charge on any atom is 0.273 e. The second-order valence-electron chi connectivity index (χ2n) is 7.17. The number of rotatable bonds is 7. The Morgan fingerprint density at radius 3 is 2.55 bits per heavy atom. The minimum absolute atomic E-state index is 0.00143. The number of nitrogens with one attached hydrogen (secondary N) is 2. The topological polar surface area (TPSA) is 114 Å². The molecule has 0 spiro atoms. The molecule has 2 aromatic carbocycles. The summed E-state index contributed by atoms with van der Waals surface area (Å²) < 4.78 is 36.8. The Morgan fingerprint density at radius 1 is 1.10 bits per heavy atom. The van der Waals surface area contributed by atoms with Crippen LogP contribution in [-0.4, -0.2) is 58.0 Å². The van der Waals surface area contributed by atoms with Crippen molar-refractivity contribution < 1.29 is 27.5 Å². The van der Waals surface area contributed by atoms with E-state index >= 15 is 0 Å². The highest BCUT2D eigenvalue weighted by atomic mass is 32.2. The van der Waals surface area contributed by atoms with Crippen LogP contribution in [0.2, 0.25) is 0 Å². The predicted molar refractivity (Wildman–Crippen MR) is 113 cm³/mol. The van der Waals surface area contributed by atoms with Crippen molar-refractivity contribution in [2.75, 3.05) is 27.3 Å². The zero-order chi connectivity index (χ0) is 22.4. The van der Waals surface area contributed by atoms with Crippen molar-refractivity contribution in [2.24, 2.45) is 0 Å². The lowest BCUT2D eigenvalue weighted by atomic mass is 10.2. The number of benzene rings is 2. The molecule has 2 aromatic rings. The largest absolute Gasteiger partial charge is 0.490 e. The van der Waals surface area contributed by atoms with Crippen LogP contribution < -0.4 is 15.6 Å². The predicted octanol–water partition coefficient (Wildman–Crippen LogP) is 1.57. The van der Waals surface area contributed by atoms with Gasteiger partial charge in [0, 0.05) is 26.3 Å². The SMILES string of the molecule is CN(C)S(=O)(=O)c1cccc(C(=O)NNC(=O)c2ccccc2OCC2CCCO2)c1. The molecule has 2 N–H and O–H groups in total. The van der Waals surface area contributed by atoms with Crippen LogP contribution in [0.1, 0.15) is 33.6 Å². The van der Waals surface area contributed by atoms with Crippen molar-refractivity contribution in [3.05, 3.63) is 59.7 Å². The highest BCUT2D eigenvalue weighted by Gasteiger charge is 2.20. The summed E-state index contributed by atoms with van der Waals surface area (Å²) in [5.41, 5.74) is 4.98. The van der Waals surface area contributed by atoms with E-state index in [9.17, 15) is 18.0 Å². The molecular weight excluding hydrogens is 422 g/mol. The van der Waals surface area contributed by atoms with E-state index in [1.807, 2.05) is 0 Å². The van der Waals surface area contributed by atoms with Crippen LogP contribution in [0.25, 0.3) is 0 Å². The monoisotopic (exact) mass is 447 g/mol. The first-order valence-electron chi connectivity index (χ1n) is 9.76. The summed E-state index contributed by atoms with van der Waals surface area (Å²) >= 11 is 0. The summed E-state index contributed by atoms with van der Waals surface area (Å²) in [6.07, 6.45) is 1.90. The Hall–Kier alpha value is -2.95. The van der Waals surface area contributed by atoms with Gasteiger partial charge in [-0.05, 0) is 43.2 Å². The van der Waals surface area contributed by atoms with E-state index in [2.05, 4.69) is 10.9 Å². The number of hydrazine groups is 1. The maximum atomic E-state index is 12.6. The molecule has 1 heterocycles. The molecule has 9 nitrogen and oxygen atoms in total. The van der Waals surface area contributed by atoms with E-state index in [0.717, 1.165) is 17.1 Å². The Kier molecular flexibility index (Phi) is 7.26. The maximum absolute atomic E-state index is 12.6. The highest BCUT2D eigenvalue weighted by molar-refractivity contribution is 7.89. The van der Waals surface area contributed by atoms with Gasteiger partial charge in [-0.25, -0.2) is 12.7 Å². The van der Waals surface area contributed by atoms with Crippen LogP contribution in [0.3, 0.4) is 0 Å². The quantitative estimate of drug-likeness (QED) is 0.623. The average Bonchev–Trinajstić information content (AvgIpc) is 3.29. The minimum atomic E-state index is -3.69. The van der Waals surface area contributed by atoms with Crippen molar-refractivity contribution in [1.82, 2.24) is 15.2 Å². The molecule has 1 aliphatic rings. The normalized spacial score (nSPS) is 16.2. The van der Waals surface area contributed by atoms with Crippen LogP contribution in [0.5, 0.6) is 5.75 Å². The van der Waals surface area contributed by atoms with Gasteiger partial charge in [0.05, 0.1) is 16.6 Å². The Morgan fingerprint density at radius 2 is 1.84 bits per heavy atom. The van der Waals surface area contributed by atoms with Gasteiger partial charge in [-0.1, -0.05) is 18.2 Å². The molecule has 1 fully saturated rings. The van der Waals surface area contributed by atoms with Gasteiger partial charge in [0.25, 0.3) is 11.8 Å². The third-order valence-electron chi connectivity index (χ3n) is 4.74. The van der Waals surface area contributed by atoms with Gasteiger partial charge in [0.15, 0.2) is 0 Å². The summed E-state index contributed by atoms with van der Waals surface area (Å²) in [6, 6.07) is 12.2. The van der Waals surface area contributed by atoms with Gasteiger partial charge in [0.1, 0.15) is 12.4 Å². The van der Waals surface area contributed by atoms with E-state index in [1.165, 1.54) is 38.4 Å². The molecule has 0 bridgehead atoms. The summed E-state index contributed by atoms with van der Waals surface area (Å²) in [6.45, 7) is 1.04. The summed E-state index contributed by atoms with van der Waals surface area (Å²) in [5, 5.41) is 0.